The van der Waals surface area contributed by atoms with Gasteiger partial charge in [0.1, 0.15) is 5.82 Å². The summed E-state index contributed by atoms with van der Waals surface area (Å²) >= 11 is 0. The van der Waals surface area contributed by atoms with E-state index in [2.05, 4.69) is 24.3 Å². The number of oxime groups is 1. The molecule has 116 valence electrons. The summed E-state index contributed by atoms with van der Waals surface area (Å²) in [5.41, 5.74) is 6.51. The van der Waals surface area contributed by atoms with Crippen molar-refractivity contribution in [2.24, 2.45) is 16.3 Å². The number of nitrogens with two attached hydrogens (primary N) is 1. The third-order valence-electron chi connectivity index (χ3n) is 4.25. The van der Waals surface area contributed by atoms with Gasteiger partial charge in [0, 0.05) is 18.2 Å². The van der Waals surface area contributed by atoms with Crippen LogP contribution >= 0.6 is 0 Å². The maximum absolute atomic E-state index is 14.3. The molecule has 0 aromatic heterocycles. The monoisotopic (exact) mass is 293 g/mol. The molecular formula is C16H24FN3O. The molecule has 4 N–H and O–H groups in total. The van der Waals surface area contributed by atoms with E-state index in [0.29, 0.717) is 23.6 Å². The Labute approximate surface area is 125 Å². The summed E-state index contributed by atoms with van der Waals surface area (Å²) in [5.74, 6) is -0.622. The Morgan fingerprint density at radius 2 is 2.29 bits per heavy atom. The van der Waals surface area contributed by atoms with E-state index in [1.54, 1.807) is 12.1 Å². The maximum atomic E-state index is 14.3. The Bertz CT molecular complexity index is 528. The van der Waals surface area contributed by atoms with Crippen molar-refractivity contribution in [1.82, 2.24) is 5.32 Å². The molecule has 1 saturated carbocycles. The van der Waals surface area contributed by atoms with Crippen molar-refractivity contribution in [3.63, 3.8) is 0 Å². The zero-order valence-electron chi connectivity index (χ0n) is 12.7. The molecule has 0 spiro atoms. The summed E-state index contributed by atoms with van der Waals surface area (Å²) in [6.45, 7) is 5.01. The fourth-order valence-corrected chi connectivity index (χ4v) is 3.09. The van der Waals surface area contributed by atoms with E-state index < -0.39 is 5.82 Å². The summed E-state index contributed by atoms with van der Waals surface area (Å²) in [4.78, 5) is 0. The molecule has 0 bridgehead atoms. The lowest BCUT2D eigenvalue weighted by Gasteiger charge is -2.35. The van der Waals surface area contributed by atoms with E-state index in [4.69, 9.17) is 10.9 Å². The molecule has 1 unspecified atom stereocenters. The van der Waals surface area contributed by atoms with Crippen LogP contribution in [0.5, 0.6) is 0 Å². The van der Waals surface area contributed by atoms with Gasteiger partial charge in [-0.15, -0.1) is 0 Å². The molecule has 1 aromatic rings. The summed E-state index contributed by atoms with van der Waals surface area (Å²) in [7, 11) is 0. The van der Waals surface area contributed by atoms with Crippen LogP contribution in [0.2, 0.25) is 0 Å². The first kappa shape index (κ1) is 15.8. The number of halogens is 1. The Kier molecular flexibility index (Phi) is 4.83. The van der Waals surface area contributed by atoms with E-state index in [0.717, 1.165) is 12.8 Å². The minimum absolute atomic E-state index is 0.140. The number of nitrogens with zero attached hydrogens (tertiary/aromatic N) is 1. The van der Waals surface area contributed by atoms with Crippen molar-refractivity contribution in [2.75, 3.05) is 0 Å². The van der Waals surface area contributed by atoms with Gasteiger partial charge < -0.3 is 16.3 Å². The highest BCUT2D eigenvalue weighted by atomic mass is 19.1. The summed E-state index contributed by atoms with van der Waals surface area (Å²) in [5, 5.41) is 15.0. The normalized spacial score (nSPS) is 22.2. The first-order valence-corrected chi connectivity index (χ1v) is 7.41. The van der Waals surface area contributed by atoms with Crippen molar-refractivity contribution in [3.05, 3.63) is 35.1 Å². The minimum atomic E-state index is -0.421. The van der Waals surface area contributed by atoms with Gasteiger partial charge in [0.05, 0.1) is 5.56 Å². The largest absolute Gasteiger partial charge is 0.409 e. The summed E-state index contributed by atoms with van der Waals surface area (Å²) < 4.78 is 14.3. The molecule has 0 saturated heterocycles. The van der Waals surface area contributed by atoms with Crippen LogP contribution in [0.4, 0.5) is 4.39 Å². The van der Waals surface area contributed by atoms with Crippen molar-refractivity contribution < 1.29 is 9.60 Å². The first-order chi connectivity index (χ1) is 9.93. The Hall–Kier alpha value is -1.62. The molecule has 2 rings (SSSR count). The standard InChI is InChI=1S/C16H24FN3O/c1-16(2)8-4-6-12(9-16)19-10-11-5-3-7-13(14(11)17)15(18)20-21/h3,5,7,12,19,21H,4,6,8-10H2,1-2H3,(H2,18,20). The second kappa shape index (κ2) is 6.43. The summed E-state index contributed by atoms with van der Waals surface area (Å²) in [6.07, 6.45) is 4.69. The lowest BCUT2D eigenvalue weighted by Crippen LogP contribution is -2.37. The SMILES string of the molecule is CC1(C)CCCC(NCc2cccc(/C(N)=N/O)c2F)C1. The zero-order chi connectivity index (χ0) is 15.5. The van der Waals surface area contributed by atoms with Gasteiger partial charge in [-0.2, -0.15) is 0 Å². The van der Waals surface area contributed by atoms with E-state index in [1.807, 2.05) is 0 Å². The molecule has 1 fully saturated rings. The molecule has 4 nitrogen and oxygen atoms in total. The van der Waals surface area contributed by atoms with Crippen LogP contribution in [-0.2, 0) is 6.54 Å². The van der Waals surface area contributed by atoms with Crippen molar-refractivity contribution in [2.45, 2.75) is 52.1 Å². The van der Waals surface area contributed by atoms with Crippen LogP contribution in [-0.4, -0.2) is 17.1 Å². The van der Waals surface area contributed by atoms with Crippen LogP contribution in [0.15, 0.2) is 23.4 Å². The van der Waals surface area contributed by atoms with Gasteiger partial charge in [-0.1, -0.05) is 37.6 Å². The smallest absolute Gasteiger partial charge is 0.173 e. The number of hydrogen-bond acceptors (Lipinski definition) is 3. The molecule has 5 heteroatoms. The molecule has 1 atom stereocenters. The minimum Gasteiger partial charge on any atom is -0.409 e. The van der Waals surface area contributed by atoms with E-state index >= 15 is 0 Å². The number of hydrogen-bond donors (Lipinski definition) is 3. The second-order valence-electron chi connectivity index (χ2n) is 6.60. The Morgan fingerprint density at radius 1 is 1.52 bits per heavy atom. The lowest BCUT2D eigenvalue weighted by atomic mass is 9.75. The van der Waals surface area contributed by atoms with Crippen molar-refractivity contribution in [1.29, 1.82) is 0 Å². The van der Waals surface area contributed by atoms with Crippen molar-refractivity contribution >= 4 is 5.84 Å². The predicted molar refractivity (Wildman–Crippen MR) is 81.8 cm³/mol. The van der Waals surface area contributed by atoms with Gasteiger partial charge in [-0.05, 0) is 30.7 Å². The molecule has 1 aliphatic carbocycles. The number of benzene rings is 1. The molecule has 0 heterocycles. The second-order valence-corrected chi connectivity index (χ2v) is 6.60. The molecule has 0 aliphatic heterocycles. The van der Waals surface area contributed by atoms with Gasteiger partial charge in [0.25, 0.3) is 0 Å². The van der Waals surface area contributed by atoms with Crippen LogP contribution < -0.4 is 11.1 Å². The number of amidine groups is 1. The molecule has 1 aromatic carbocycles. The maximum Gasteiger partial charge on any atom is 0.173 e. The zero-order valence-corrected chi connectivity index (χ0v) is 12.7. The van der Waals surface area contributed by atoms with Crippen molar-refractivity contribution in [3.8, 4) is 0 Å². The highest BCUT2D eigenvalue weighted by molar-refractivity contribution is 5.97. The predicted octanol–water partition coefficient (Wildman–Crippen LogP) is 2.98. The molecule has 0 amide bonds. The van der Waals surface area contributed by atoms with Gasteiger partial charge in [-0.3, -0.25) is 0 Å². The van der Waals surface area contributed by atoms with Crippen LogP contribution in [0.1, 0.15) is 50.7 Å². The number of rotatable bonds is 4. The molecule has 1 aliphatic rings. The van der Waals surface area contributed by atoms with E-state index in [9.17, 15) is 4.39 Å². The van der Waals surface area contributed by atoms with Crippen LogP contribution in [0, 0.1) is 11.2 Å². The fourth-order valence-electron chi connectivity index (χ4n) is 3.09. The Morgan fingerprint density at radius 3 is 2.95 bits per heavy atom. The highest BCUT2D eigenvalue weighted by Crippen LogP contribution is 2.35. The van der Waals surface area contributed by atoms with Gasteiger partial charge in [0.2, 0.25) is 0 Å². The number of nitrogens with one attached hydrogen (secondary N) is 1. The lowest BCUT2D eigenvalue weighted by molar-refractivity contribution is 0.197. The summed E-state index contributed by atoms with van der Waals surface area (Å²) in [6, 6.07) is 5.38. The third kappa shape index (κ3) is 3.94. The first-order valence-electron chi connectivity index (χ1n) is 7.41. The molecular weight excluding hydrogens is 269 g/mol. The van der Waals surface area contributed by atoms with Gasteiger partial charge >= 0.3 is 0 Å². The van der Waals surface area contributed by atoms with E-state index in [-0.39, 0.29) is 11.4 Å². The van der Waals surface area contributed by atoms with Gasteiger partial charge in [0.15, 0.2) is 5.84 Å². The average molecular weight is 293 g/mol. The van der Waals surface area contributed by atoms with Crippen LogP contribution in [0.25, 0.3) is 0 Å². The van der Waals surface area contributed by atoms with E-state index in [1.165, 1.54) is 18.9 Å². The molecule has 0 radical (unpaired) electrons. The third-order valence-corrected chi connectivity index (χ3v) is 4.25. The van der Waals surface area contributed by atoms with Crippen LogP contribution in [0.3, 0.4) is 0 Å². The fraction of sp³-hybridized carbons (Fsp3) is 0.562. The topological polar surface area (TPSA) is 70.6 Å². The molecule has 21 heavy (non-hydrogen) atoms. The quantitative estimate of drug-likeness (QED) is 0.346. The average Bonchev–Trinajstić information content (AvgIpc) is 2.44. The van der Waals surface area contributed by atoms with Gasteiger partial charge in [-0.25, -0.2) is 4.39 Å². The Balaban J connectivity index is 2.04. The highest BCUT2D eigenvalue weighted by Gasteiger charge is 2.27.